The van der Waals surface area contributed by atoms with E-state index in [1.165, 1.54) is 0 Å². The molecule has 1 aliphatic heterocycles. The molecule has 1 saturated heterocycles. The summed E-state index contributed by atoms with van der Waals surface area (Å²) in [5, 5.41) is 13.8. The maximum Gasteiger partial charge on any atom is 0.267 e. The molecule has 0 radical (unpaired) electrons. The van der Waals surface area contributed by atoms with Crippen molar-refractivity contribution in [1.82, 2.24) is 24.9 Å². The number of rotatable bonds is 5. The predicted octanol–water partition coefficient (Wildman–Crippen LogP) is 3.11. The minimum Gasteiger partial charge on any atom is -0.341 e. The number of thiophene rings is 1. The molecule has 1 amide bonds. The highest BCUT2D eigenvalue weighted by Crippen LogP contribution is 2.24. The fraction of sp³-hybridized carbons (Fsp3) is 0.429. The molecule has 0 bridgehead atoms. The van der Waals surface area contributed by atoms with Crippen LogP contribution < -0.4 is 5.56 Å². The molecule has 1 fully saturated rings. The Morgan fingerprint density at radius 2 is 2.17 bits per heavy atom. The first kappa shape index (κ1) is 19.6. The molecule has 4 rings (SSSR count). The number of hydrogen-bond donors (Lipinski definition) is 1. The van der Waals surface area contributed by atoms with Gasteiger partial charge in [0.1, 0.15) is 5.69 Å². The number of nitrogens with zero attached hydrogens (tertiary/aromatic N) is 4. The molecule has 0 spiro atoms. The average Bonchev–Trinajstić information content (AvgIpc) is 3.37. The first-order chi connectivity index (χ1) is 14.0. The zero-order valence-corrected chi connectivity index (χ0v) is 17.5. The van der Waals surface area contributed by atoms with Crippen LogP contribution in [0.15, 0.2) is 34.4 Å². The molecule has 1 N–H and O–H groups in total. The first-order valence-corrected chi connectivity index (χ1v) is 10.8. The van der Waals surface area contributed by atoms with Crippen molar-refractivity contribution in [2.75, 3.05) is 13.1 Å². The normalized spacial score (nSPS) is 16.9. The number of aromatic nitrogens is 4. The van der Waals surface area contributed by atoms with Gasteiger partial charge in [0.25, 0.3) is 5.56 Å². The lowest BCUT2D eigenvalue weighted by Crippen LogP contribution is -2.43. The molecule has 1 aliphatic rings. The van der Waals surface area contributed by atoms with Crippen molar-refractivity contribution in [3.8, 4) is 10.6 Å². The van der Waals surface area contributed by atoms with Crippen molar-refractivity contribution in [2.24, 2.45) is 0 Å². The molecule has 0 saturated carbocycles. The van der Waals surface area contributed by atoms with E-state index in [0.29, 0.717) is 19.4 Å². The number of likely N-dealkylation sites (tertiary alicyclic amines) is 1. The van der Waals surface area contributed by atoms with E-state index in [4.69, 9.17) is 0 Å². The van der Waals surface area contributed by atoms with Crippen LogP contribution in [0.2, 0.25) is 0 Å². The Kier molecular flexibility index (Phi) is 5.62. The summed E-state index contributed by atoms with van der Waals surface area (Å²) < 4.78 is 1.57. The second-order valence-corrected chi connectivity index (χ2v) is 8.47. The number of hydrogen-bond acceptors (Lipinski definition) is 5. The Bertz CT molecular complexity index is 1030. The number of aromatic amines is 1. The van der Waals surface area contributed by atoms with Crippen molar-refractivity contribution in [2.45, 2.75) is 45.6 Å². The first-order valence-electron chi connectivity index (χ1n) is 9.95. The van der Waals surface area contributed by atoms with Gasteiger partial charge in [-0.3, -0.25) is 14.7 Å². The van der Waals surface area contributed by atoms with Gasteiger partial charge in [0.2, 0.25) is 5.91 Å². The number of amides is 1. The fourth-order valence-electron chi connectivity index (χ4n) is 3.96. The summed E-state index contributed by atoms with van der Waals surface area (Å²) in [5.41, 5.74) is 3.78. The van der Waals surface area contributed by atoms with Crippen LogP contribution in [0.5, 0.6) is 0 Å². The van der Waals surface area contributed by atoms with Crippen LogP contribution in [0.25, 0.3) is 10.6 Å². The second-order valence-electron chi connectivity index (χ2n) is 7.53. The maximum atomic E-state index is 12.8. The van der Waals surface area contributed by atoms with Gasteiger partial charge in [0.15, 0.2) is 0 Å². The maximum absolute atomic E-state index is 12.8. The number of piperidine rings is 1. The van der Waals surface area contributed by atoms with Crippen LogP contribution in [0.4, 0.5) is 0 Å². The SMILES string of the molecule is Cc1n[nH]c(C)c1CCC(=O)N1CCCC(n2nc(-c3cccs3)ccc2=O)C1. The van der Waals surface area contributed by atoms with Crippen molar-refractivity contribution in [3.05, 3.63) is 57.0 Å². The molecule has 152 valence electrons. The van der Waals surface area contributed by atoms with Gasteiger partial charge < -0.3 is 4.90 Å². The number of H-pyrrole nitrogens is 1. The highest BCUT2D eigenvalue weighted by molar-refractivity contribution is 7.13. The van der Waals surface area contributed by atoms with Gasteiger partial charge in [0, 0.05) is 31.3 Å². The van der Waals surface area contributed by atoms with Gasteiger partial charge in [-0.15, -0.1) is 11.3 Å². The molecule has 29 heavy (non-hydrogen) atoms. The van der Waals surface area contributed by atoms with Crippen LogP contribution in [0.3, 0.4) is 0 Å². The third-order valence-electron chi connectivity index (χ3n) is 5.56. The minimum absolute atomic E-state index is 0.0856. The van der Waals surface area contributed by atoms with Crippen LogP contribution in [0, 0.1) is 13.8 Å². The molecule has 7 nitrogen and oxygen atoms in total. The summed E-state index contributed by atoms with van der Waals surface area (Å²) in [6.45, 7) is 5.20. The zero-order valence-electron chi connectivity index (χ0n) is 16.7. The van der Waals surface area contributed by atoms with E-state index in [2.05, 4.69) is 15.3 Å². The molecule has 3 aromatic heterocycles. The van der Waals surface area contributed by atoms with E-state index in [1.807, 2.05) is 36.3 Å². The van der Waals surface area contributed by atoms with Crippen LogP contribution in [-0.2, 0) is 11.2 Å². The molecule has 8 heteroatoms. The molecule has 0 aliphatic carbocycles. The second kappa shape index (κ2) is 8.32. The molecule has 0 aromatic carbocycles. The molecule has 1 unspecified atom stereocenters. The Balaban J connectivity index is 1.46. The predicted molar refractivity (Wildman–Crippen MR) is 113 cm³/mol. The van der Waals surface area contributed by atoms with E-state index < -0.39 is 0 Å². The van der Waals surface area contributed by atoms with E-state index in [0.717, 1.165) is 46.9 Å². The molecule has 1 atom stereocenters. The lowest BCUT2D eigenvalue weighted by molar-refractivity contribution is -0.132. The quantitative estimate of drug-likeness (QED) is 0.699. The number of nitrogens with one attached hydrogen (secondary N) is 1. The fourth-order valence-corrected chi connectivity index (χ4v) is 4.65. The zero-order chi connectivity index (χ0) is 20.4. The highest BCUT2D eigenvalue weighted by Gasteiger charge is 2.26. The summed E-state index contributed by atoms with van der Waals surface area (Å²) in [6, 6.07) is 7.23. The smallest absolute Gasteiger partial charge is 0.267 e. The van der Waals surface area contributed by atoms with E-state index in [-0.39, 0.29) is 17.5 Å². The Hall–Kier alpha value is -2.74. The lowest BCUT2D eigenvalue weighted by atomic mass is 10.0. The standard InChI is InChI=1S/C21H25N5O2S/c1-14-17(15(2)23-22-14)7-9-20(27)25-11-3-5-16(13-25)26-21(28)10-8-18(24-26)19-6-4-12-29-19/h4,6,8,10,12,16H,3,5,7,9,11,13H2,1-2H3,(H,22,23). The molecule has 4 heterocycles. The molecular weight excluding hydrogens is 386 g/mol. The number of carbonyl (C=O) groups is 1. The largest absolute Gasteiger partial charge is 0.341 e. The number of aryl methyl sites for hydroxylation is 2. The lowest BCUT2D eigenvalue weighted by Gasteiger charge is -2.33. The van der Waals surface area contributed by atoms with Crippen molar-refractivity contribution < 1.29 is 4.79 Å². The van der Waals surface area contributed by atoms with E-state index >= 15 is 0 Å². The average molecular weight is 412 g/mol. The monoisotopic (exact) mass is 411 g/mol. The Labute approximate surface area is 173 Å². The summed E-state index contributed by atoms with van der Waals surface area (Å²) in [4.78, 5) is 28.2. The van der Waals surface area contributed by atoms with Gasteiger partial charge in [-0.1, -0.05) is 6.07 Å². The van der Waals surface area contributed by atoms with Gasteiger partial charge in [0.05, 0.1) is 16.6 Å². The molecule has 3 aromatic rings. The van der Waals surface area contributed by atoms with Gasteiger partial charge in [-0.2, -0.15) is 10.2 Å². The summed E-state index contributed by atoms with van der Waals surface area (Å²) in [5.74, 6) is 0.122. The van der Waals surface area contributed by atoms with Crippen molar-refractivity contribution in [3.63, 3.8) is 0 Å². The van der Waals surface area contributed by atoms with Gasteiger partial charge in [-0.25, -0.2) is 4.68 Å². The van der Waals surface area contributed by atoms with Crippen molar-refractivity contribution in [1.29, 1.82) is 0 Å². The third-order valence-corrected chi connectivity index (χ3v) is 6.46. The Morgan fingerprint density at radius 1 is 1.31 bits per heavy atom. The molecular formula is C21H25N5O2S. The minimum atomic E-state index is -0.116. The van der Waals surface area contributed by atoms with Crippen LogP contribution in [-0.4, -0.2) is 43.9 Å². The van der Waals surface area contributed by atoms with Gasteiger partial charge >= 0.3 is 0 Å². The third kappa shape index (κ3) is 4.17. The summed E-state index contributed by atoms with van der Waals surface area (Å²) >= 11 is 1.60. The number of carbonyl (C=O) groups excluding carboxylic acids is 1. The topological polar surface area (TPSA) is 83.9 Å². The van der Waals surface area contributed by atoms with Crippen molar-refractivity contribution >= 4 is 17.2 Å². The van der Waals surface area contributed by atoms with Crippen LogP contribution >= 0.6 is 11.3 Å². The summed E-state index contributed by atoms with van der Waals surface area (Å²) in [6.07, 6.45) is 2.85. The van der Waals surface area contributed by atoms with Gasteiger partial charge in [-0.05, 0) is 56.2 Å². The van der Waals surface area contributed by atoms with E-state index in [9.17, 15) is 9.59 Å². The highest BCUT2D eigenvalue weighted by atomic mass is 32.1. The Morgan fingerprint density at radius 3 is 2.90 bits per heavy atom. The summed E-state index contributed by atoms with van der Waals surface area (Å²) in [7, 11) is 0. The van der Waals surface area contributed by atoms with E-state index in [1.54, 1.807) is 28.2 Å². The van der Waals surface area contributed by atoms with Crippen LogP contribution in [0.1, 0.15) is 42.3 Å².